The fourth-order valence-electron chi connectivity index (χ4n) is 2.09. The summed E-state index contributed by atoms with van der Waals surface area (Å²) in [5.41, 5.74) is 7.79. The highest BCUT2D eigenvalue weighted by molar-refractivity contribution is 5.96. The number of hydrogen-bond donors (Lipinski definition) is 1. The van der Waals surface area contributed by atoms with Gasteiger partial charge in [-0.1, -0.05) is 25.1 Å². The number of nitrogens with two attached hydrogens (primary N) is 1. The molecule has 0 saturated heterocycles. The van der Waals surface area contributed by atoms with Crippen LogP contribution in [0.2, 0.25) is 0 Å². The summed E-state index contributed by atoms with van der Waals surface area (Å²) in [7, 11) is 0. The van der Waals surface area contributed by atoms with E-state index in [0.29, 0.717) is 5.82 Å². The van der Waals surface area contributed by atoms with Gasteiger partial charge in [0.1, 0.15) is 0 Å². The highest BCUT2D eigenvalue weighted by Gasteiger charge is 2.09. The minimum atomic E-state index is 0.562. The predicted octanol–water partition coefficient (Wildman–Crippen LogP) is 2.58. The third-order valence-corrected chi connectivity index (χ3v) is 2.89. The first-order valence-corrected chi connectivity index (χ1v) is 5.81. The molecule has 0 atom stereocenters. The van der Waals surface area contributed by atoms with Crippen molar-refractivity contribution in [3.63, 3.8) is 0 Å². The Morgan fingerprint density at radius 1 is 1.29 bits per heavy atom. The number of anilines is 1. The van der Waals surface area contributed by atoms with Gasteiger partial charge in [0, 0.05) is 11.9 Å². The molecule has 1 aromatic carbocycles. The normalized spacial score (nSPS) is 11.4. The summed E-state index contributed by atoms with van der Waals surface area (Å²) >= 11 is 0. The summed E-state index contributed by atoms with van der Waals surface area (Å²) in [5.74, 6) is 0.562. The topological polar surface area (TPSA) is 56.7 Å². The van der Waals surface area contributed by atoms with E-state index in [9.17, 15) is 0 Å². The van der Waals surface area contributed by atoms with Crippen molar-refractivity contribution in [3.8, 4) is 0 Å². The van der Waals surface area contributed by atoms with E-state index in [1.165, 1.54) is 0 Å². The molecule has 17 heavy (non-hydrogen) atoms. The summed E-state index contributed by atoms with van der Waals surface area (Å²) in [6.07, 6.45) is 1.02. The number of nitrogens with zero attached hydrogens (tertiary/aromatic N) is 3. The number of para-hydroxylation sites is 1. The van der Waals surface area contributed by atoms with Crippen LogP contribution in [0.25, 0.3) is 21.9 Å². The van der Waals surface area contributed by atoms with Crippen LogP contribution in [0.15, 0.2) is 30.3 Å². The molecule has 0 bridgehead atoms. The van der Waals surface area contributed by atoms with Crippen LogP contribution in [0.4, 0.5) is 5.82 Å². The number of aryl methyl sites for hydroxylation is 1. The zero-order valence-electron chi connectivity index (χ0n) is 9.72. The number of benzene rings is 1. The minimum absolute atomic E-state index is 0.562. The van der Waals surface area contributed by atoms with Gasteiger partial charge in [-0.25, -0.2) is 9.67 Å². The quantitative estimate of drug-likeness (QED) is 0.730. The van der Waals surface area contributed by atoms with Gasteiger partial charge >= 0.3 is 0 Å². The fourth-order valence-corrected chi connectivity index (χ4v) is 2.09. The minimum Gasteiger partial charge on any atom is -0.382 e. The van der Waals surface area contributed by atoms with Gasteiger partial charge in [0.2, 0.25) is 0 Å². The van der Waals surface area contributed by atoms with Gasteiger partial charge in [0.05, 0.1) is 10.9 Å². The predicted molar refractivity (Wildman–Crippen MR) is 69.7 cm³/mol. The van der Waals surface area contributed by atoms with Crippen molar-refractivity contribution in [2.24, 2.45) is 0 Å². The summed E-state index contributed by atoms with van der Waals surface area (Å²) in [6.45, 7) is 2.96. The van der Waals surface area contributed by atoms with E-state index < -0.39 is 0 Å². The van der Waals surface area contributed by atoms with E-state index in [1.54, 1.807) is 0 Å². The van der Waals surface area contributed by atoms with Crippen LogP contribution >= 0.6 is 0 Å². The van der Waals surface area contributed by atoms with E-state index in [1.807, 2.05) is 28.9 Å². The molecule has 0 fully saturated rings. The molecule has 86 valence electrons. The van der Waals surface area contributed by atoms with Crippen LogP contribution in [0, 0.1) is 0 Å². The zero-order chi connectivity index (χ0) is 11.8. The molecule has 0 spiro atoms. The van der Waals surface area contributed by atoms with Gasteiger partial charge in [-0.05, 0) is 18.6 Å². The van der Waals surface area contributed by atoms with Crippen molar-refractivity contribution < 1.29 is 0 Å². The smallest absolute Gasteiger partial charge is 0.160 e. The third kappa shape index (κ3) is 1.53. The number of hydrogen-bond acceptors (Lipinski definition) is 3. The molecule has 3 rings (SSSR count). The molecule has 0 unspecified atom stereocenters. The Hall–Kier alpha value is -2.10. The van der Waals surface area contributed by atoms with E-state index in [4.69, 9.17) is 5.73 Å². The second kappa shape index (κ2) is 3.73. The van der Waals surface area contributed by atoms with Crippen molar-refractivity contribution in [2.75, 3.05) is 5.73 Å². The molecular formula is C13H14N4. The summed E-state index contributed by atoms with van der Waals surface area (Å²) in [6, 6.07) is 10.1. The van der Waals surface area contributed by atoms with Crippen LogP contribution < -0.4 is 5.73 Å². The molecule has 4 nitrogen and oxygen atoms in total. The molecule has 0 saturated carbocycles. The van der Waals surface area contributed by atoms with E-state index in [0.717, 1.165) is 34.9 Å². The first-order chi connectivity index (χ1) is 8.29. The maximum atomic E-state index is 5.93. The van der Waals surface area contributed by atoms with Gasteiger partial charge in [-0.3, -0.25) is 0 Å². The zero-order valence-corrected chi connectivity index (χ0v) is 9.72. The monoisotopic (exact) mass is 226 g/mol. The molecule has 2 N–H and O–H groups in total. The molecule has 0 aliphatic carbocycles. The number of nitrogen functional groups attached to an aromatic ring is 1. The summed E-state index contributed by atoms with van der Waals surface area (Å²) in [5, 5.41) is 6.38. The first kappa shape index (κ1) is 10.1. The molecule has 0 radical (unpaired) electrons. The standard InChI is InChI=1S/C13H14N4/c1-2-7-17-13-10(12(14)16-17)8-9-5-3-4-6-11(9)15-13/h3-6,8H,2,7H2,1H3,(H2,14,16). The van der Waals surface area contributed by atoms with Crippen molar-refractivity contribution in [1.29, 1.82) is 0 Å². The van der Waals surface area contributed by atoms with Crippen molar-refractivity contribution in [1.82, 2.24) is 14.8 Å². The van der Waals surface area contributed by atoms with Gasteiger partial charge in [0.15, 0.2) is 11.5 Å². The van der Waals surface area contributed by atoms with Crippen LogP contribution in [0.5, 0.6) is 0 Å². The molecule has 2 aromatic heterocycles. The Kier molecular flexibility index (Phi) is 2.21. The average molecular weight is 226 g/mol. The largest absolute Gasteiger partial charge is 0.382 e. The third-order valence-electron chi connectivity index (χ3n) is 2.89. The second-order valence-corrected chi connectivity index (χ2v) is 4.16. The highest BCUT2D eigenvalue weighted by Crippen LogP contribution is 2.23. The van der Waals surface area contributed by atoms with E-state index in [2.05, 4.69) is 23.1 Å². The van der Waals surface area contributed by atoms with Crippen LogP contribution in [0.1, 0.15) is 13.3 Å². The van der Waals surface area contributed by atoms with Crippen LogP contribution in [-0.4, -0.2) is 14.8 Å². The maximum absolute atomic E-state index is 5.93. The van der Waals surface area contributed by atoms with Gasteiger partial charge < -0.3 is 5.73 Å². The van der Waals surface area contributed by atoms with Crippen molar-refractivity contribution >= 4 is 27.8 Å². The van der Waals surface area contributed by atoms with Crippen LogP contribution in [-0.2, 0) is 6.54 Å². The van der Waals surface area contributed by atoms with E-state index >= 15 is 0 Å². The lowest BCUT2D eigenvalue weighted by Crippen LogP contribution is -2.00. The van der Waals surface area contributed by atoms with Crippen molar-refractivity contribution in [3.05, 3.63) is 30.3 Å². The SMILES string of the molecule is CCCn1nc(N)c2cc3ccccc3nc21. The number of pyridine rings is 1. The van der Waals surface area contributed by atoms with Crippen molar-refractivity contribution in [2.45, 2.75) is 19.9 Å². The Bertz CT molecular complexity index is 684. The number of aromatic nitrogens is 3. The molecule has 3 aromatic rings. The first-order valence-electron chi connectivity index (χ1n) is 5.81. The van der Waals surface area contributed by atoms with Gasteiger partial charge in [-0.2, -0.15) is 5.10 Å². The summed E-state index contributed by atoms with van der Waals surface area (Å²) < 4.78 is 1.89. The summed E-state index contributed by atoms with van der Waals surface area (Å²) in [4.78, 5) is 4.64. The second-order valence-electron chi connectivity index (χ2n) is 4.16. The average Bonchev–Trinajstić information content (AvgIpc) is 2.64. The molecule has 0 amide bonds. The molecule has 4 heteroatoms. The number of fused-ring (bicyclic) bond motifs is 2. The van der Waals surface area contributed by atoms with Gasteiger partial charge in [0.25, 0.3) is 0 Å². The Labute approximate surface area is 99.1 Å². The molecule has 0 aliphatic rings. The Balaban J connectivity index is 2.37. The van der Waals surface area contributed by atoms with Gasteiger partial charge in [-0.15, -0.1) is 0 Å². The lowest BCUT2D eigenvalue weighted by molar-refractivity contribution is 0.620. The Morgan fingerprint density at radius 2 is 2.12 bits per heavy atom. The van der Waals surface area contributed by atoms with E-state index in [-0.39, 0.29) is 0 Å². The lowest BCUT2D eigenvalue weighted by Gasteiger charge is -2.01. The molecular weight excluding hydrogens is 212 g/mol. The maximum Gasteiger partial charge on any atom is 0.160 e. The fraction of sp³-hybridized carbons (Fsp3) is 0.231. The molecule has 2 heterocycles. The lowest BCUT2D eigenvalue weighted by atomic mass is 10.2. The Morgan fingerprint density at radius 3 is 2.94 bits per heavy atom. The highest BCUT2D eigenvalue weighted by atomic mass is 15.3. The molecule has 0 aliphatic heterocycles. The van der Waals surface area contributed by atoms with Crippen LogP contribution in [0.3, 0.4) is 0 Å². The number of rotatable bonds is 2.